The minimum absolute atomic E-state index is 0.293. The molecule has 0 bridgehead atoms. The van der Waals surface area contributed by atoms with Crippen LogP contribution in [0.3, 0.4) is 0 Å². The van der Waals surface area contributed by atoms with Crippen LogP contribution in [-0.2, 0) is 0 Å². The average molecular weight is 188 g/mol. The summed E-state index contributed by atoms with van der Waals surface area (Å²) in [5, 5.41) is 0. The van der Waals surface area contributed by atoms with Crippen molar-refractivity contribution in [1.29, 1.82) is 0 Å². The van der Waals surface area contributed by atoms with Crippen molar-refractivity contribution < 1.29 is 8.78 Å². The van der Waals surface area contributed by atoms with E-state index in [1.807, 2.05) is 0 Å². The van der Waals surface area contributed by atoms with E-state index in [1.165, 1.54) is 0 Å². The second-order valence-corrected chi connectivity index (χ2v) is 2.65. The summed E-state index contributed by atoms with van der Waals surface area (Å²) in [5.41, 5.74) is 0.450. The largest absolute Gasteiger partial charge is 0.210 e. The minimum atomic E-state index is -0.885. The fourth-order valence-electron chi connectivity index (χ4n) is 0.711. The Labute approximate surface area is 73.1 Å². The van der Waals surface area contributed by atoms with Crippen LogP contribution in [-0.4, -0.2) is 12.4 Å². The van der Waals surface area contributed by atoms with Crippen LogP contribution in [0, 0.1) is 0 Å². The van der Waals surface area contributed by atoms with Crippen LogP contribution in [0.4, 0.5) is 8.78 Å². The van der Waals surface area contributed by atoms with Gasteiger partial charge in [-0.15, -0.1) is 0 Å². The molecule has 0 spiro atoms. The zero-order valence-electron chi connectivity index (χ0n) is 6.13. The Balaban J connectivity index is 2.71. The van der Waals surface area contributed by atoms with Gasteiger partial charge in [0, 0.05) is 13.1 Å². The van der Waals surface area contributed by atoms with Crippen molar-refractivity contribution in [2.75, 3.05) is 0 Å². The Hall–Kier alpha value is -0.970. The van der Waals surface area contributed by atoms with Gasteiger partial charge in [-0.25, -0.2) is 13.2 Å². The van der Waals surface area contributed by atoms with Crippen molar-refractivity contribution in [3.63, 3.8) is 0 Å². The Kier molecular flexibility index (Phi) is 3.16. The molecule has 0 aromatic carbocycles. The molecule has 0 unspecified atom stereocenters. The molecular weight excluding hydrogens is 182 g/mol. The third-order valence-corrected chi connectivity index (χ3v) is 1.66. The molecule has 0 aromatic rings. The quantitative estimate of drug-likeness (QED) is 0.483. The monoisotopic (exact) mass is 188 g/mol. The van der Waals surface area contributed by atoms with Gasteiger partial charge in [-0.3, -0.25) is 0 Å². The zero-order chi connectivity index (χ0) is 8.97. The van der Waals surface area contributed by atoms with E-state index in [-0.39, 0.29) is 0 Å². The fourth-order valence-corrected chi connectivity index (χ4v) is 1.00. The topological polar surface area (TPSA) is 24.7 Å². The first-order chi connectivity index (χ1) is 5.74. The SMILES string of the molecule is C=NS/N=C1/C=C(F)C(F)=CC1. The summed E-state index contributed by atoms with van der Waals surface area (Å²) in [7, 11) is 0. The van der Waals surface area contributed by atoms with Gasteiger partial charge in [-0.05, 0) is 12.2 Å². The molecule has 0 saturated heterocycles. The molecule has 64 valence electrons. The summed E-state index contributed by atoms with van der Waals surface area (Å²) in [6.45, 7) is 3.18. The van der Waals surface area contributed by atoms with Crippen LogP contribution >= 0.6 is 12.1 Å². The first-order valence-electron chi connectivity index (χ1n) is 3.16. The lowest BCUT2D eigenvalue weighted by Crippen LogP contribution is -1.97. The van der Waals surface area contributed by atoms with Crippen LogP contribution < -0.4 is 0 Å². The molecule has 0 amide bonds. The molecule has 1 aliphatic rings. The Morgan fingerprint density at radius 3 is 2.75 bits per heavy atom. The maximum atomic E-state index is 12.5. The summed E-state index contributed by atoms with van der Waals surface area (Å²) in [4.78, 5) is 0. The maximum Gasteiger partial charge on any atom is 0.160 e. The van der Waals surface area contributed by atoms with Crippen molar-refractivity contribution in [1.82, 2.24) is 0 Å². The van der Waals surface area contributed by atoms with Crippen LogP contribution in [0.15, 0.2) is 32.6 Å². The van der Waals surface area contributed by atoms with E-state index in [1.54, 1.807) is 0 Å². The number of rotatable bonds is 2. The predicted molar refractivity (Wildman–Crippen MR) is 47.6 cm³/mol. The predicted octanol–water partition coefficient (Wildman–Crippen LogP) is 2.80. The minimum Gasteiger partial charge on any atom is -0.210 e. The number of allylic oxidation sites excluding steroid dienone is 4. The summed E-state index contributed by atoms with van der Waals surface area (Å²) in [6, 6.07) is 0. The Bertz CT molecular complexity index is 281. The summed E-state index contributed by atoms with van der Waals surface area (Å²) in [6.07, 6.45) is 2.48. The average Bonchev–Trinajstić information content (AvgIpc) is 2.07. The lowest BCUT2D eigenvalue weighted by molar-refractivity contribution is 0.541. The van der Waals surface area contributed by atoms with Crippen LogP contribution in [0.1, 0.15) is 6.42 Å². The molecule has 0 N–H and O–H groups in total. The highest BCUT2D eigenvalue weighted by molar-refractivity contribution is 7.96. The smallest absolute Gasteiger partial charge is 0.160 e. The lowest BCUT2D eigenvalue weighted by Gasteiger charge is -2.02. The molecule has 0 atom stereocenters. The second kappa shape index (κ2) is 4.15. The molecule has 0 saturated carbocycles. The normalized spacial score (nSPS) is 20.3. The van der Waals surface area contributed by atoms with Gasteiger partial charge >= 0.3 is 0 Å². The molecule has 5 heteroatoms. The molecular formula is C7H6F2N2S. The molecule has 0 aromatic heterocycles. The van der Waals surface area contributed by atoms with Crippen molar-refractivity contribution in [2.24, 2.45) is 8.80 Å². The van der Waals surface area contributed by atoms with E-state index in [2.05, 4.69) is 15.5 Å². The van der Waals surface area contributed by atoms with Crippen molar-refractivity contribution in [2.45, 2.75) is 6.42 Å². The number of hydrogen-bond acceptors (Lipinski definition) is 3. The van der Waals surface area contributed by atoms with Gasteiger partial charge in [0.2, 0.25) is 0 Å². The van der Waals surface area contributed by atoms with E-state index >= 15 is 0 Å². The van der Waals surface area contributed by atoms with Gasteiger partial charge < -0.3 is 0 Å². The number of halogens is 2. The summed E-state index contributed by atoms with van der Waals surface area (Å²) < 4.78 is 32.1. The molecule has 0 radical (unpaired) electrons. The second-order valence-electron chi connectivity index (χ2n) is 2.04. The van der Waals surface area contributed by atoms with Crippen molar-refractivity contribution in [3.8, 4) is 0 Å². The van der Waals surface area contributed by atoms with Gasteiger partial charge in [0.05, 0.1) is 5.71 Å². The van der Waals surface area contributed by atoms with Gasteiger partial charge in [0.15, 0.2) is 11.7 Å². The summed E-state index contributed by atoms with van der Waals surface area (Å²) in [5.74, 6) is -1.71. The van der Waals surface area contributed by atoms with E-state index in [4.69, 9.17) is 0 Å². The van der Waals surface area contributed by atoms with Gasteiger partial charge in [0.25, 0.3) is 0 Å². The van der Waals surface area contributed by atoms with Crippen LogP contribution in [0.2, 0.25) is 0 Å². The lowest BCUT2D eigenvalue weighted by atomic mass is 10.1. The fraction of sp³-hybridized carbons (Fsp3) is 0.143. The first kappa shape index (κ1) is 9.12. The molecule has 2 nitrogen and oxygen atoms in total. The zero-order valence-corrected chi connectivity index (χ0v) is 6.94. The first-order valence-corrected chi connectivity index (χ1v) is 3.89. The molecule has 0 fully saturated rings. The molecule has 0 aliphatic heterocycles. The maximum absolute atomic E-state index is 12.5. The van der Waals surface area contributed by atoms with Crippen LogP contribution in [0.5, 0.6) is 0 Å². The molecule has 1 aliphatic carbocycles. The third-order valence-electron chi connectivity index (χ3n) is 1.23. The highest BCUT2D eigenvalue weighted by Crippen LogP contribution is 2.20. The molecule has 1 rings (SSSR count). The van der Waals surface area contributed by atoms with Crippen LogP contribution in [0.25, 0.3) is 0 Å². The van der Waals surface area contributed by atoms with E-state index in [0.717, 1.165) is 24.3 Å². The van der Waals surface area contributed by atoms with E-state index < -0.39 is 11.7 Å². The molecule has 0 heterocycles. The standard InChI is InChI=1S/C7H6F2N2S/c1-10-12-11-5-2-3-6(8)7(9)4-5/h3-4H,1-2H2/b11-5+. The number of nitrogens with zero attached hydrogens (tertiary/aromatic N) is 2. The highest BCUT2D eigenvalue weighted by Gasteiger charge is 2.10. The summed E-state index contributed by atoms with van der Waals surface area (Å²) >= 11 is 0.857. The van der Waals surface area contributed by atoms with Gasteiger partial charge in [0.1, 0.15) is 12.1 Å². The van der Waals surface area contributed by atoms with Gasteiger partial charge in [-0.1, -0.05) is 0 Å². The van der Waals surface area contributed by atoms with E-state index in [0.29, 0.717) is 12.1 Å². The van der Waals surface area contributed by atoms with E-state index in [9.17, 15) is 8.78 Å². The number of hydrogen-bond donors (Lipinski definition) is 0. The van der Waals surface area contributed by atoms with Gasteiger partial charge in [-0.2, -0.15) is 4.40 Å². The van der Waals surface area contributed by atoms with Crippen molar-refractivity contribution in [3.05, 3.63) is 23.8 Å². The highest BCUT2D eigenvalue weighted by atomic mass is 32.2. The Morgan fingerprint density at radius 2 is 2.17 bits per heavy atom. The Morgan fingerprint density at radius 1 is 1.42 bits per heavy atom. The molecule has 12 heavy (non-hydrogen) atoms. The third kappa shape index (κ3) is 2.27. The van der Waals surface area contributed by atoms with Crippen molar-refractivity contribution >= 4 is 24.6 Å².